The number of anilines is 1. The van der Waals surface area contributed by atoms with Crippen LogP contribution in [0.1, 0.15) is 34.3 Å². The number of aromatic nitrogens is 1. The lowest BCUT2D eigenvalue weighted by molar-refractivity contribution is -0.0498. The summed E-state index contributed by atoms with van der Waals surface area (Å²) < 4.78 is 69.7. The summed E-state index contributed by atoms with van der Waals surface area (Å²) in [6.07, 6.45) is 2.21. The third kappa shape index (κ3) is 3.97. The number of alkyl halides is 2. The summed E-state index contributed by atoms with van der Waals surface area (Å²) in [6, 6.07) is 8.66. The van der Waals surface area contributed by atoms with E-state index in [4.69, 9.17) is 9.26 Å². The Hall–Kier alpha value is -3.67. The van der Waals surface area contributed by atoms with E-state index in [-0.39, 0.29) is 33.2 Å². The summed E-state index contributed by atoms with van der Waals surface area (Å²) in [5.41, 5.74) is 2.02. The van der Waals surface area contributed by atoms with E-state index in [1.807, 2.05) is 0 Å². The van der Waals surface area contributed by atoms with Crippen molar-refractivity contribution in [3.05, 3.63) is 53.1 Å². The Balaban J connectivity index is 1.52. The van der Waals surface area contributed by atoms with Crippen LogP contribution in [0.4, 0.5) is 14.6 Å². The van der Waals surface area contributed by atoms with Crippen LogP contribution in [0.3, 0.4) is 0 Å². The predicted octanol–water partition coefficient (Wildman–Crippen LogP) is 3.70. The Kier molecular flexibility index (Phi) is 5.42. The number of hydrogen-bond acceptors (Lipinski definition) is 7. The number of nitrogens with zero attached hydrogens (tertiary/aromatic N) is 1. The smallest absolute Gasteiger partial charge is 0.387 e. The van der Waals surface area contributed by atoms with E-state index >= 15 is 0 Å². The van der Waals surface area contributed by atoms with Gasteiger partial charge in [-0.25, -0.2) is 8.42 Å². The molecule has 1 aromatic heterocycles. The number of fused-ring (bicyclic) bond motifs is 4. The van der Waals surface area contributed by atoms with Gasteiger partial charge in [-0.05, 0) is 55.2 Å². The third-order valence-electron chi connectivity index (χ3n) is 6.36. The molecule has 1 heterocycles. The minimum atomic E-state index is -4.18. The van der Waals surface area contributed by atoms with Crippen LogP contribution in [0.15, 0.2) is 45.8 Å². The first-order valence-electron chi connectivity index (χ1n) is 10.7. The van der Waals surface area contributed by atoms with Crippen LogP contribution in [-0.4, -0.2) is 40.3 Å². The molecular weight excluding hydrogens is 484 g/mol. The van der Waals surface area contributed by atoms with Gasteiger partial charge in [0.25, 0.3) is 15.9 Å². The molecule has 1 saturated carbocycles. The van der Waals surface area contributed by atoms with Crippen LogP contribution in [0.2, 0.25) is 0 Å². The van der Waals surface area contributed by atoms with Crippen LogP contribution < -0.4 is 19.5 Å². The molecule has 3 aromatic rings. The molecule has 2 N–H and O–H groups in total. The maximum absolute atomic E-state index is 13.2. The maximum Gasteiger partial charge on any atom is 0.387 e. The van der Waals surface area contributed by atoms with Crippen LogP contribution >= 0.6 is 0 Å². The standard InChI is InChI=1S/C23H21F2N3O6S/c1-26-21(29)12-3-6-18(17(9-12)32-2)35(30,31)28-20-15-11-23(7-8-23)16-5-4-13(33-22(24)25)10-14(16)19(15)34-27-20/h3-6,9-10,22H,7-8,11H2,1-2H3,(H,26,29)(H,27,28). The zero-order valence-electron chi connectivity index (χ0n) is 18.7. The van der Waals surface area contributed by atoms with Crippen molar-refractivity contribution in [2.45, 2.75) is 36.2 Å². The molecular formula is C23H21F2N3O6S. The third-order valence-corrected chi connectivity index (χ3v) is 7.74. The predicted molar refractivity (Wildman–Crippen MR) is 120 cm³/mol. The summed E-state index contributed by atoms with van der Waals surface area (Å²) in [4.78, 5) is 11.7. The molecule has 2 aliphatic carbocycles. The van der Waals surface area contributed by atoms with Gasteiger partial charge in [0.1, 0.15) is 16.4 Å². The Labute approximate surface area is 199 Å². The number of carbonyl (C=O) groups excluding carboxylic acids is 1. The first-order valence-corrected chi connectivity index (χ1v) is 12.2. The van der Waals surface area contributed by atoms with E-state index < -0.39 is 22.5 Å². The van der Waals surface area contributed by atoms with Gasteiger partial charge in [0.2, 0.25) is 0 Å². The summed E-state index contributed by atoms with van der Waals surface area (Å²) in [5.74, 6) is -0.128. The molecule has 0 radical (unpaired) electrons. The molecule has 2 aromatic carbocycles. The van der Waals surface area contributed by atoms with Crippen molar-refractivity contribution < 1.29 is 36.0 Å². The van der Waals surface area contributed by atoms with Crippen LogP contribution in [-0.2, 0) is 21.9 Å². The van der Waals surface area contributed by atoms with Gasteiger partial charge >= 0.3 is 6.61 Å². The number of halogens is 2. The van der Waals surface area contributed by atoms with Gasteiger partial charge in [-0.3, -0.25) is 9.52 Å². The van der Waals surface area contributed by atoms with Gasteiger partial charge < -0.3 is 19.3 Å². The number of hydrogen-bond donors (Lipinski definition) is 2. The Bertz CT molecular complexity index is 1430. The molecule has 35 heavy (non-hydrogen) atoms. The highest BCUT2D eigenvalue weighted by Gasteiger charge is 2.50. The van der Waals surface area contributed by atoms with Crippen molar-refractivity contribution in [1.29, 1.82) is 0 Å². The minimum Gasteiger partial charge on any atom is -0.495 e. The monoisotopic (exact) mass is 505 g/mol. The largest absolute Gasteiger partial charge is 0.495 e. The molecule has 5 rings (SSSR count). The topological polar surface area (TPSA) is 120 Å². The Morgan fingerprint density at radius 3 is 2.63 bits per heavy atom. The molecule has 0 aliphatic heterocycles. The number of amides is 1. The fourth-order valence-electron chi connectivity index (χ4n) is 4.50. The van der Waals surface area contributed by atoms with Crippen molar-refractivity contribution >= 4 is 21.7 Å². The van der Waals surface area contributed by atoms with Crippen LogP contribution in [0, 0.1) is 0 Å². The molecule has 0 unspecified atom stereocenters. The fourth-order valence-corrected chi connectivity index (χ4v) is 5.68. The summed E-state index contributed by atoms with van der Waals surface area (Å²) in [5, 5.41) is 6.41. The normalized spacial score (nSPS) is 15.3. The van der Waals surface area contributed by atoms with E-state index in [0.717, 1.165) is 18.4 Å². The van der Waals surface area contributed by atoms with Gasteiger partial charge in [0, 0.05) is 29.2 Å². The molecule has 2 aliphatic rings. The molecule has 1 amide bonds. The Morgan fingerprint density at radius 1 is 1.20 bits per heavy atom. The second-order valence-electron chi connectivity index (χ2n) is 8.43. The highest BCUT2D eigenvalue weighted by molar-refractivity contribution is 7.92. The van der Waals surface area contributed by atoms with Crippen molar-refractivity contribution in [3.63, 3.8) is 0 Å². The van der Waals surface area contributed by atoms with E-state index in [1.165, 1.54) is 44.5 Å². The number of benzene rings is 2. The fraction of sp³-hybridized carbons (Fsp3) is 0.304. The Morgan fingerprint density at radius 2 is 1.97 bits per heavy atom. The zero-order valence-corrected chi connectivity index (χ0v) is 19.5. The summed E-state index contributed by atoms with van der Waals surface area (Å²) >= 11 is 0. The van der Waals surface area contributed by atoms with Gasteiger partial charge in [-0.1, -0.05) is 11.2 Å². The second kappa shape index (κ2) is 8.22. The highest BCUT2D eigenvalue weighted by atomic mass is 32.2. The highest BCUT2D eigenvalue weighted by Crippen LogP contribution is 2.58. The van der Waals surface area contributed by atoms with Gasteiger partial charge in [0.15, 0.2) is 11.6 Å². The lowest BCUT2D eigenvalue weighted by Gasteiger charge is -2.25. The first-order chi connectivity index (χ1) is 16.7. The molecule has 9 nitrogen and oxygen atoms in total. The van der Waals surface area contributed by atoms with Crippen molar-refractivity contribution in [2.75, 3.05) is 18.9 Å². The van der Waals surface area contributed by atoms with Crippen molar-refractivity contribution in [3.8, 4) is 22.8 Å². The van der Waals surface area contributed by atoms with E-state index in [9.17, 15) is 22.0 Å². The number of sulfonamides is 1. The van der Waals surface area contributed by atoms with E-state index in [0.29, 0.717) is 23.3 Å². The molecule has 0 saturated heterocycles. The van der Waals surface area contributed by atoms with E-state index in [1.54, 1.807) is 6.07 Å². The van der Waals surface area contributed by atoms with Gasteiger partial charge in [-0.2, -0.15) is 8.78 Å². The van der Waals surface area contributed by atoms with Gasteiger partial charge in [-0.15, -0.1) is 0 Å². The van der Waals surface area contributed by atoms with Gasteiger partial charge in [0.05, 0.1) is 7.11 Å². The molecule has 12 heteroatoms. The zero-order chi connectivity index (χ0) is 25.0. The SMILES string of the molecule is CNC(=O)c1ccc(S(=O)(=O)Nc2noc3c2CC2(CC2)c2ccc(OC(F)F)cc2-3)c(OC)c1. The molecule has 0 bridgehead atoms. The summed E-state index contributed by atoms with van der Waals surface area (Å²) in [6.45, 7) is -2.98. The molecule has 1 spiro atoms. The van der Waals surface area contributed by atoms with Crippen LogP contribution in [0.25, 0.3) is 11.3 Å². The number of rotatable bonds is 7. The number of carbonyl (C=O) groups is 1. The lowest BCUT2D eigenvalue weighted by atomic mass is 9.79. The lowest BCUT2D eigenvalue weighted by Crippen LogP contribution is -2.21. The molecule has 1 fully saturated rings. The quantitative estimate of drug-likeness (QED) is 0.502. The minimum absolute atomic E-state index is 0.00883. The van der Waals surface area contributed by atoms with Crippen LogP contribution in [0.5, 0.6) is 11.5 Å². The number of ether oxygens (including phenoxy) is 2. The second-order valence-corrected chi connectivity index (χ2v) is 10.1. The average Bonchev–Trinajstić information content (AvgIpc) is 3.50. The summed E-state index contributed by atoms with van der Waals surface area (Å²) in [7, 11) is -1.42. The molecule has 0 atom stereocenters. The first kappa shape index (κ1) is 23.1. The average molecular weight is 505 g/mol. The van der Waals surface area contributed by atoms with Crippen molar-refractivity contribution in [2.24, 2.45) is 0 Å². The van der Waals surface area contributed by atoms with E-state index in [2.05, 4.69) is 19.9 Å². The number of nitrogens with one attached hydrogen (secondary N) is 2. The maximum atomic E-state index is 13.2. The number of methoxy groups -OCH3 is 1. The molecule has 184 valence electrons. The van der Waals surface area contributed by atoms with Crippen molar-refractivity contribution in [1.82, 2.24) is 10.5 Å².